The molecule has 6 nitrogen and oxygen atoms in total. The molecule has 0 unspecified atom stereocenters. The minimum Gasteiger partial charge on any atom is -0.468 e. The Morgan fingerprint density at radius 1 is 1.36 bits per heavy atom. The van der Waals surface area contributed by atoms with Gasteiger partial charge in [0.05, 0.1) is 13.2 Å². The number of hydrogen-bond acceptors (Lipinski definition) is 6. The predicted molar refractivity (Wildman–Crippen MR) is 75.7 cm³/mol. The van der Waals surface area contributed by atoms with Crippen molar-refractivity contribution in [2.24, 2.45) is 22.7 Å². The molecule has 6 heteroatoms. The third-order valence-electron chi connectivity index (χ3n) is 6.25. The number of rotatable bonds is 4. The molecular formula is C16H24O6. The average molecular weight is 312 g/mol. The Balaban J connectivity index is 2.06. The molecule has 22 heavy (non-hydrogen) atoms. The maximum atomic E-state index is 12.5. The summed E-state index contributed by atoms with van der Waals surface area (Å²) in [5.74, 6) is -0.890. The number of methoxy groups -OCH3 is 2. The molecule has 2 saturated carbocycles. The molecule has 124 valence electrons. The van der Waals surface area contributed by atoms with Crippen molar-refractivity contribution in [3.63, 3.8) is 0 Å². The molecule has 0 amide bonds. The van der Waals surface area contributed by atoms with Crippen molar-refractivity contribution in [1.29, 1.82) is 0 Å². The molecule has 3 fully saturated rings. The Bertz CT molecular complexity index is 491. The maximum absolute atomic E-state index is 12.5. The molecule has 2 aliphatic carbocycles. The van der Waals surface area contributed by atoms with Gasteiger partial charge in [-0.2, -0.15) is 0 Å². The molecule has 0 aromatic rings. The van der Waals surface area contributed by atoms with E-state index in [1.807, 2.05) is 0 Å². The lowest BCUT2D eigenvalue weighted by Gasteiger charge is -2.56. The van der Waals surface area contributed by atoms with Crippen LogP contribution in [0.4, 0.5) is 0 Å². The highest BCUT2D eigenvalue weighted by Crippen LogP contribution is 2.63. The molecule has 3 rings (SSSR count). The highest BCUT2D eigenvalue weighted by atomic mass is 16.7. The summed E-state index contributed by atoms with van der Waals surface area (Å²) in [5, 5.41) is 0. The normalized spacial score (nSPS) is 46.3. The van der Waals surface area contributed by atoms with Gasteiger partial charge in [-0.3, -0.25) is 9.59 Å². The van der Waals surface area contributed by atoms with Gasteiger partial charge in [0.1, 0.15) is 12.9 Å². The maximum Gasteiger partial charge on any atom is 0.324 e. The van der Waals surface area contributed by atoms with Gasteiger partial charge in [-0.15, -0.1) is 0 Å². The fourth-order valence-corrected chi connectivity index (χ4v) is 4.79. The van der Waals surface area contributed by atoms with E-state index < -0.39 is 17.4 Å². The van der Waals surface area contributed by atoms with Gasteiger partial charge in [0.15, 0.2) is 5.41 Å². The zero-order valence-electron chi connectivity index (χ0n) is 13.6. The highest BCUT2D eigenvalue weighted by molar-refractivity contribution is 6.02. The first-order chi connectivity index (χ1) is 10.4. The number of hydrogen-bond donors (Lipinski definition) is 0. The minimum absolute atomic E-state index is 0.0921. The van der Waals surface area contributed by atoms with Crippen LogP contribution in [0, 0.1) is 22.7 Å². The van der Waals surface area contributed by atoms with E-state index >= 15 is 0 Å². The smallest absolute Gasteiger partial charge is 0.324 e. The Morgan fingerprint density at radius 2 is 2.09 bits per heavy atom. The third-order valence-corrected chi connectivity index (χ3v) is 6.25. The Labute approximate surface area is 130 Å². The molecular weight excluding hydrogens is 288 g/mol. The SMILES string of the molecule is COCO[C@@H]1[C@H]2[C@H]3C[C@H](C)[C@@]1(C)CC[C@]2(C(=O)OC)C(=O)O3. The number of carbonyl (C=O) groups is 2. The molecule has 0 N–H and O–H groups in total. The molecule has 0 aromatic heterocycles. The van der Waals surface area contributed by atoms with Crippen LogP contribution in [0.5, 0.6) is 0 Å². The number of carbonyl (C=O) groups excluding carboxylic acids is 2. The molecule has 0 spiro atoms. The van der Waals surface area contributed by atoms with Gasteiger partial charge in [0.25, 0.3) is 0 Å². The molecule has 0 radical (unpaired) electrons. The van der Waals surface area contributed by atoms with Crippen molar-refractivity contribution in [1.82, 2.24) is 0 Å². The van der Waals surface area contributed by atoms with Crippen LogP contribution in [-0.4, -0.2) is 45.2 Å². The summed E-state index contributed by atoms with van der Waals surface area (Å²) in [6.45, 7) is 4.48. The van der Waals surface area contributed by atoms with Crippen LogP contribution < -0.4 is 0 Å². The van der Waals surface area contributed by atoms with E-state index in [1.165, 1.54) is 7.11 Å². The lowest BCUT2D eigenvalue weighted by atomic mass is 9.49. The van der Waals surface area contributed by atoms with E-state index in [0.717, 1.165) is 12.8 Å². The Morgan fingerprint density at radius 3 is 2.73 bits per heavy atom. The van der Waals surface area contributed by atoms with Crippen molar-refractivity contribution in [3.8, 4) is 0 Å². The molecule has 1 aliphatic heterocycles. The van der Waals surface area contributed by atoms with Crippen molar-refractivity contribution in [2.75, 3.05) is 21.0 Å². The third kappa shape index (κ3) is 1.80. The van der Waals surface area contributed by atoms with Crippen molar-refractivity contribution < 1.29 is 28.5 Å². The van der Waals surface area contributed by atoms with Crippen LogP contribution in [0.3, 0.4) is 0 Å². The van der Waals surface area contributed by atoms with Crippen LogP contribution in [0.2, 0.25) is 0 Å². The van der Waals surface area contributed by atoms with E-state index in [0.29, 0.717) is 12.3 Å². The monoisotopic (exact) mass is 312 g/mol. The zero-order chi connectivity index (χ0) is 16.1. The van der Waals surface area contributed by atoms with E-state index in [9.17, 15) is 9.59 Å². The first-order valence-corrected chi connectivity index (χ1v) is 7.82. The number of ether oxygens (including phenoxy) is 4. The van der Waals surface area contributed by atoms with Crippen molar-refractivity contribution >= 4 is 11.9 Å². The van der Waals surface area contributed by atoms with Gasteiger partial charge in [0, 0.05) is 13.0 Å². The summed E-state index contributed by atoms with van der Waals surface area (Å²) in [6.07, 6.45) is 1.43. The van der Waals surface area contributed by atoms with Gasteiger partial charge in [-0.25, -0.2) is 0 Å². The predicted octanol–water partition coefficient (Wildman–Crippen LogP) is 1.52. The summed E-state index contributed by atoms with van der Waals surface area (Å²) in [6, 6.07) is 0. The fraction of sp³-hybridized carbons (Fsp3) is 0.875. The second-order valence-corrected chi connectivity index (χ2v) is 7.07. The lowest BCUT2D eigenvalue weighted by Crippen LogP contribution is -2.62. The van der Waals surface area contributed by atoms with Crippen LogP contribution in [-0.2, 0) is 28.5 Å². The van der Waals surface area contributed by atoms with E-state index in [4.69, 9.17) is 18.9 Å². The average Bonchev–Trinajstić information content (AvgIpc) is 2.80. The molecule has 3 aliphatic rings. The summed E-state index contributed by atoms with van der Waals surface area (Å²) < 4.78 is 21.6. The Hall–Kier alpha value is -1.14. The van der Waals surface area contributed by atoms with Crippen LogP contribution >= 0.6 is 0 Å². The van der Waals surface area contributed by atoms with Crippen LogP contribution in [0.15, 0.2) is 0 Å². The fourth-order valence-electron chi connectivity index (χ4n) is 4.79. The Kier molecular flexibility index (Phi) is 3.72. The summed E-state index contributed by atoms with van der Waals surface area (Å²) in [5.41, 5.74) is -1.30. The van der Waals surface area contributed by atoms with Gasteiger partial charge < -0.3 is 18.9 Å². The minimum atomic E-state index is -1.21. The van der Waals surface area contributed by atoms with Gasteiger partial charge in [0.2, 0.25) is 0 Å². The van der Waals surface area contributed by atoms with Gasteiger partial charge in [-0.05, 0) is 30.6 Å². The first-order valence-electron chi connectivity index (χ1n) is 7.82. The van der Waals surface area contributed by atoms with Crippen LogP contribution in [0.25, 0.3) is 0 Å². The van der Waals surface area contributed by atoms with Crippen LogP contribution in [0.1, 0.15) is 33.1 Å². The largest absolute Gasteiger partial charge is 0.468 e. The quantitative estimate of drug-likeness (QED) is 0.445. The second-order valence-electron chi connectivity index (χ2n) is 7.07. The van der Waals surface area contributed by atoms with Crippen molar-refractivity contribution in [3.05, 3.63) is 0 Å². The van der Waals surface area contributed by atoms with E-state index in [1.54, 1.807) is 7.11 Å². The number of fused-ring (bicyclic) bond motifs is 1. The summed E-state index contributed by atoms with van der Waals surface area (Å²) >= 11 is 0. The molecule has 1 saturated heterocycles. The van der Waals surface area contributed by atoms with Crippen molar-refractivity contribution in [2.45, 2.75) is 45.3 Å². The molecule has 1 heterocycles. The second kappa shape index (κ2) is 5.20. The highest BCUT2D eigenvalue weighted by Gasteiger charge is 2.73. The van der Waals surface area contributed by atoms with E-state index in [-0.39, 0.29) is 30.3 Å². The van der Waals surface area contributed by atoms with Gasteiger partial charge >= 0.3 is 11.9 Å². The summed E-state index contributed by atoms with van der Waals surface area (Å²) in [7, 11) is 2.89. The summed E-state index contributed by atoms with van der Waals surface area (Å²) in [4.78, 5) is 25.0. The molecule has 0 aromatic carbocycles. The molecule has 6 atom stereocenters. The van der Waals surface area contributed by atoms with E-state index in [2.05, 4.69) is 13.8 Å². The lowest BCUT2D eigenvalue weighted by molar-refractivity contribution is -0.219. The molecule has 2 bridgehead atoms. The number of esters is 2. The first kappa shape index (κ1) is 15.7. The zero-order valence-corrected chi connectivity index (χ0v) is 13.6. The van der Waals surface area contributed by atoms with Gasteiger partial charge in [-0.1, -0.05) is 13.8 Å². The topological polar surface area (TPSA) is 71.1 Å². The standard InChI is InChI=1S/C16H24O6/c1-9-7-10-11-12(21-8-19-3)15(9,2)5-6-16(11,13(17)20-4)14(18)22-10/h9-12H,5-8H2,1-4H3/t9-,10+,11+,12+,15+,16-/m0/s1.